The molecule has 0 bridgehead atoms. The molecule has 1 aromatic carbocycles. The topological polar surface area (TPSA) is 47.7 Å². The Morgan fingerprint density at radius 2 is 1.89 bits per heavy atom. The fraction of sp³-hybridized carbons (Fsp3) is 0.600. The Balaban J connectivity index is 2.15. The molecule has 0 unspecified atom stereocenters. The predicted octanol–water partition coefficient (Wildman–Crippen LogP) is 2.28. The predicted molar refractivity (Wildman–Crippen MR) is 76.5 cm³/mol. The fourth-order valence-corrected chi connectivity index (χ4v) is 2.27. The van der Waals surface area contributed by atoms with Crippen LogP contribution in [0.2, 0.25) is 0 Å². The van der Waals surface area contributed by atoms with Gasteiger partial charge < -0.3 is 15.2 Å². The Bertz CT molecular complexity index is 458. The lowest BCUT2D eigenvalue weighted by Gasteiger charge is -2.36. The van der Waals surface area contributed by atoms with Gasteiger partial charge in [0.25, 0.3) is 0 Å². The highest BCUT2D eigenvalue weighted by molar-refractivity contribution is 5.48. The summed E-state index contributed by atoms with van der Waals surface area (Å²) in [6.45, 7) is 8.48. The maximum Gasteiger partial charge on any atom is 0.231 e. The SMILES string of the molecule is Cc1cc2c(cc1CN(C)C(C)(C)CCN)OCO2. The van der Waals surface area contributed by atoms with Gasteiger partial charge >= 0.3 is 0 Å². The van der Waals surface area contributed by atoms with E-state index in [9.17, 15) is 0 Å². The van der Waals surface area contributed by atoms with Gasteiger partial charge in [-0.3, -0.25) is 4.90 Å². The van der Waals surface area contributed by atoms with Crippen molar-refractivity contribution in [1.82, 2.24) is 4.90 Å². The van der Waals surface area contributed by atoms with Crippen molar-refractivity contribution in [3.8, 4) is 11.5 Å². The molecule has 1 aromatic rings. The van der Waals surface area contributed by atoms with Crippen molar-refractivity contribution >= 4 is 0 Å². The first-order valence-corrected chi connectivity index (χ1v) is 6.74. The van der Waals surface area contributed by atoms with E-state index in [-0.39, 0.29) is 5.54 Å². The largest absolute Gasteiger partial charge is 0.454 e. The van der Waals surface area contributed by atoms with Crippen LogP contribution in [0.15, 0.2) is 12.1 Å². The summed E-state index contributed by atoms with van der Waals surface area (Å²) in [5, 5.41) is 0. The monoisotopic (exact) mass is 264 g/mol. The standard InChI is InChI=1S/C15H24N2O2/c1-11-7-13-14(19-10-18-13)8-12(11)9-17(4)15(2,3)5-6-16/h7-8H,5-6,9-10,16H2,1-4H3. The van der Waals surface area contributed by atoms with Crippen LogP contribution in [0.1, 0.15) is 31.4 Å². The Morgan fingerprint density at radius 1 is 1.26 bits per heavy atom. The van der Waals surface area contributed by atoms with Crippen LogP contribution in [-0.2, 0) is 6.54 Å². The van der Waals surface area contributed by atoms with Gasteiger partial charge in [0, 0.05) is 12.1 Å². The average molecular weight is 264 g/mol. The van der Waals surface area contributed by atoms with Crippen molar-refractivity contribution in [3.05, 3.63) is 23.3 Å². The van der Waals surface area contributed by atoms with Crippen LogP contribution in [0.4, 0.5) is 0 Å². The second-order valence-electron chi connectivity index (χ2n) is 5.84. The molecule has 0 radical (unpaired) electrons. The molecule has 106 valence electrons. The summed E-state index contributed by atoms with van der Waals surface area (Å²) in [7, 11) is 2.14. The number of hydrogen-bond donors (Lipinski definition) is 1. The van der Waals surface area contributed by atoms with E-state index in [1.54, 1.807) is 0 Å². The molecule has 0 aliphatic carbocycles. The number of aryl methyl sites for hydroxylation is 1. The molecule has 0 aromatic heterocycles. The highest BCUT2D eigenvalue weighted by atomic mass is 16.7. The van der Waals surface area contributed by atoms with E-state index in [0.29, 0.717) is 13.3 Å². The Hall–Kier alpha value is -1.26. The van der Waals surface area contributed by atoms with E-state index in [2.05, 4.69) is 44.9 Å². The Labute approximate surface area is 115 Å². The van der Waals surface area contributed by atoms with E-state index in [1.165, 1.54) is 11.1 Å². The molecule has 0 atom stereocenters. The van der Waals surface area contributed by atoms with Crippen molar-refractivity contribution in [2.24, 2.45) is 5.73 Å². The van der Waals surface area contributed by atoms with Gasteiger partial charge in [-0.05, 0) is 64.0 Å². The van der Waals surface area contributed by atoms with Crippen LogP contribution in [0.5, 0.6) is 11.5 Å². The van der Waals surface area contributed by atoms with Gasteiger partial charge in [-0.1, -0.05) is 0 Å². The lowest BCUT2D eigenvalue weighted by molar-refractivity contribution is 0.139. The summed E-state index contributed by atoms with van der Waals surface area (Å²) >= 11 is 0. The first kappa shape index (κ1) is 14.2. The molecule has 19 heavy (non-hydrogen) atoms. The van der Waals surface area contributed by atoms with Crippen molar-refractivity contribution < 1.29 is 9.47 Å². The summed E-state index contributed by atoms with van der Waals surface area (Å²) in [5.74, 6) is 1.70. The third-order valence-corrected chi connectivity index (χ3v) is 4.03. The van der Waals surface area contributed by atoms with Crippen LogP contribution in [0.25, 0.3) is 0 Å². The number of ether oxygens (including phenoxy) is 2. The van der Waals surface area contributed by atoms with Crippen molar-refractivity contribution in [2.45, 2.75) is 39.3 Å². The van der Waals surface area contributed by atoms with E-state index < -0.39 is 0 Å². The maximum absolute atomic E-state index is 5.69. The lowest BCUT2D eigenvalue weighted by Crippen LogP contribution is -2.42. The first-order chi connectivity index (χ1) is 8.94. The Kier molecular flexibility index (Phi) is 4.02. The summed E-state index contributed by atoms with van der Waals surface area (Å²) < 4.78 is 10.8. The zero-order valence-electron chi connectivity index (χ0n) is 12.3. The molecule has 0 fully saturated rings. The number of rotatable bonds is 5. The van der Waals surface area contributed by atoms with Gasteiger partial charge in [0.2, 0.25) is 6.79 Å². The van der Waals surface area contributed by atoms with Crippen molar-refractivity contribution in [2.75, 3.05) is 20.4 Å². The number of nitrogens with two attached hydrogens (primary N) is 1. The number of benzene rings is 1. The third-order valence-electron chi connectivity index (χ3n) is 4.03. The molecular formula is C15H24N2O2. The second kappa shape index (κ2) is 5.39. The first-order valence-electron chi connectivity index (χ1n) is 6.74. The van der Waals surface area contributed by atoms with Gasteiger partial charge in [0.15, 0.2) is 11.5 Å². The molecule has 0 spiro atoms. The van der Waals surface area contributed by atoms with Gasteiger partial charge in [0.1, 0.15) is 0 Å². The summed E-state index contributed by atoms with van der Waals surface area (Å²) in [6.07, 6.45) is 0.979. The molecule has 0 saturated heterocycles. The van der Waals surface area contributed by atoms with Crippen molar-refractivity contribution in [3.63, 3.8) is 0 Å². The van der Waals surface area contributed by atoms with Gasteiger partial charge in [-0.25, -0.2) is 0 Å². The minimum Gasteiger partial charge on any atom is -0.454 e. The molecule has 0 saturated carbocycles. The highest BCUT2D eigenvalue weighted by Crippen LogP contribution is 2.35. The molecule has 2 rings (SSSR count). The van der Waals surface area contributed by atoms with Crippen LogP contribution in [0, 0.1) is 6.92 Å². The summed E-state index contributed by atoms with van der Waals surface area (Å²) in [4.78, 5) is 2.34. The summed E-state index contributed by atoms with van der Waals surface area (Å²) in [5.41, 5.74) is 8.29. The van der Waals surface area contributed by atoms with E-state index in [0.717, 1.165) is 24.5 Å². The van der Waals surface area contributed by atoms with Crippen LogP contribution < -0.4 is 15.2 Å². The number of hydrogen-bond acceptors (Lipinski definition) is 4. The molecule has 0 amide bonds. The van der Waals surface area contributed by atoms with Crippen LogP contribution in [-0.4, -0.2) is 30.8 Å². The number of fused-ring (bicyclic) bond motifs is 1. The quantitative estimate of drug-likeness (QED) is 0.886. The third kappa shape index (κ3) is 3.01. The minimum atomic E-state index is 0.0948. The lowest BCUT2D eigenvalue weighted by atomic mass is 9.97. The zero-order chi connectivity index (χ0) is 14.0. The van der Waals surface area contributed by atoms with Crippen LogP contribution in [0.3, 0.4) is 0 Å². The average Bonchev–Trinajstić information content (AvgIpc) is 2.76. The molecule has 4 nitrogen and oxygen atoms in total. The molecule has 4 heteroatoms. The summed E-state index contributed by atoms with van der Waals surface area (Å²) in [6, 6.07) is 4.15. The Morgan fingerprint density at radius 3 is 2.53 bits per heavy atom. The molecule has 1 aliphatic heterocycles. The van der Waals surface area contributed by atoms with Crippen molar-refractivity contribution in [1.29, 1.82) is 0 Å². The molecule has 2 N–H and O–H groups in total. The fourth-order valence-electron chi connectivity index (χ4n) is 2.27. The molecule has 1 heterocycles. The second-order valence-corrected chi connectivity index (χ2v) is 5.84. The minimum absolute atomic E-state index is 0.0948. The maximum atomic E-state index is 5.69. The molecule has 1 aliphatic rings. The highest BCUT2D eigenvalue weighted by Gasteiger charge is 2.24. The van der Waals surface area contributed by atoms with E-state index >= 15 is 0 Å². The number of nitrogens with zero attached hydrogens (tertiary/aromatic N) is 1. The van der Waals surface area contributed by atoms with Gasteiger partial charge in [-0.15, -0.1) is 0 Å². The van der Waals surface area contributed by atoms with Gasteiger partial charge in [0.05, 0.1) is 0 Å². The smallest absolute Gasteiger partial charge is 0.231 e. The van der Waals surface area contributed by atoms with E-state index in [1.807, 2.05) is 0 Å². The normalized spacial score (nSPS) is 14.2. The van der Waals surface area contributed by atoms with Crippen LogP contribution >= 0.6 is 0 Å². The van der Waals surface area contributed by atoms with Gasteiger partial charge in [-0.2, -0.15) is 0 Å². The molecular weight excluding hydrogens is 240 g/mol. The van der Waals surface area contributed by atoms with E-state index in [4.69, 9.17) is 15.2 Å². The zero-order valence-corrected chi connectivity index (χ0v) is 12.3.